The summed E-state index contributed by atoms with van der Waals surface area (Å²) in [6, 6.07) is 18.3. The van der Waals surface area contributed by atoms with E-state index in [0.717, 1.165) is 6.42 Å². The number of carbonyl (C=O) groups is 2. The Labute approximate surface area is 233 Å². The van der Waals surface area contributed by atoms with E-state index in [9.17, 15) is 18.0 Å². The van der Waals surface area contributed by atoms with Crippen LogP contribution in [0.2, 0.25) is 0 Å². The van der Waals surface area contributed by atoms with Crippen molar-refractivity contribution in [3.8, 4) is 0 Å². The highest BCUT2D eigenvalue weighted by molar-refractivity contribution is 7.89. The van der Waals surface area contributed by atoms with Crippen molar-refractivity contribution < 1.29 is 22.7 Å². The Morgan fingerprint density at radius 2 is 1.68 bits per heavy atom. The number of primary amides is 1. The van der Waals surface area contributed by atoms with E-state index in [1.807, 2.05) is 4.90 Å². The largest absolute Gasteiger partial charge is 0.378 e. The molecule has 2 aliphatic heterocycles. The molecule has 2 saturated heterocycles. The number of nitrogens with zero attached hydrogens (tertiary/aromatic N) is 3. The molecule has 3 aromatic rings. The van der Waals surface area contributed by atoms with E-state index in [2.05, 4.69) is 15.0 Å². The van der Waals surface area contributed by atoms with Gasteiger partial charge in [-0.3, -0.25) is 9.59 Å². The fourth-order valence-corrected chi connectivity index (χ4v) is 6.15. The number of morpholine rings is 1. The second-order valence-corrected chi connectivity index (χ2v) is 11.5. The maximum atomic E-state index is 12.8. The Hall–Kier alpha value is -4.00. The summed E-state index contributed by atoms with van der Waals surface area (Å²) < 4.78 is 33.8. The fraction of sp³-hybridized carbons (Fsp3) is 0.321. The SMILES string of the molecule is NC(=O)c1ccc(N2CCCC(NS(=O)(=O)c3ccccc3)C2)nc1Nc1ccc(C(=O)N2CCOCC2)cc1. The first-order chi connectivity index (χ1) is 19.3. The molecule has 210 valence electrons. The number of rotatable bonds is 8. The summed E-state index contributed by atoms with van der Waals surface area (Å²) in [5.41, 5.74) is 7.03. The van der Waals surface area contributed by atoms with Crippen LogP contribution in [0.15, 0.2) is 71.6 Å². The Kier molecular flexibility index (Phi) is 8.29. The zero-order valence-electron chi connectivity index (χ0n) is 22.0. The standard InChI is InChI=1S/C28H32N6O5S/c29-26(35)24-12-13-25(34-14-4-5-22(19-34)32-40(37,38)23-6-2-1-3-7-23)31-27(24)30-21-10-8-20(9-11-21)28(36)33-15-17-39-18-16-33/h1-3,6-13,22,32H,4-5,14-19H2,(H2,29,35)(H,30,31). The number of piperidine rings is 1. The summed E-state index contributed by atoms with van der Waals surface area (Å²) in [4.78, 5) is 33.6. The summed E-state index contributed by atoms with van der Waals surface area (Å²) in [6.07, 6.45) is 1.46. The molecule has 0 aliphatic carbocycles. The molecule has 1 atom stereocenters. The van der Waals surface area contributed by atoms with Crippen molar-refractivity contribution in [3.63, 3.8) is 0 Å². The van der Waals surface area contributed by atoms with Crippen molar-refractivity contribution >= 4 is 39.2 Å². The number of carbonyl (C=O) groups excluding carboxylic acids is 2. The van der Waals surface area contributed by atoms with Gasteiger partial charge in [0.2, 0.25) is 10.0 Å². The quantitative estimate of drug-likeness (QED) is 0.378. The van der Waals surface area contributed by atoms with E-state index in [1.54, 1.807) is 71.6 Å². The third-order valence-electron chi connectivity index (χ3n) is 6.96. The molecular formula is C28H32N6O5S. The number of nitrogens with two attached hydrogens (primary N) is 1. The van der Waals surface area contributed by atoms with Crippen molar-refractivity contribution in [2.45, 2.75) is 23.8 Å². The van der Waals surface area contributed by atoms with Crippen LogP contribution < -0.4 is 20.7 Å². The number of hydrogen-bond acceptors (Lipinski definition) is 8. The second kappa shape index (κ2) is 12.0. The molecule has 3 heterocycles. The number of amides is 2. The van der Waals surface area contributed by atoms with Gasteiger partial charge in [-0.05, 0) is 61.4 Å². The molecule has 2 amide bonds. The normalized spacial score (nSPS) is 17.9. The van der Waals surface area contributed by atoms with E-state index < -0.39 is 15.9 Å². The van der Waals surface area contributed by atoms with Gasteiger partial charge < -0.3 is 25.6 Å². The number of sulfonamides is 1. The average Bonchev–Trinajstić information content (AvgIpc) is 2.98. The van der Waals surface area contributed by atoms with Gasteiger partial charge in [-0.1, -0.05) is 18.2 Å². The van der Waals surface area contributed by atoms with Gasteiger partial charge in [0.1, 0.15) is 11.6 Å². The van der Waals surface area contributed by atoms with Crippen molar-refractivity contribution in [1.82, 2.24) is 14.6 Å². The van der Waals surface area contributed by atoms with Crippen LogP contribution in [0.1, 0.15) is 33.6 Å². The first kappa shape index (κ1) is 27.6. The predicted octanol–water partition coefficient (Wildman–Crippen LogP) is 2.34. The van der Waals surface area contributed by atoms with Gasteiger partial charge in [-0.25, -0.2) is 18.1 Å². The third-order valence-corrected chi connectivity index (χ3v) is 8.50. The lowest BCUT2D eigenvalue weighted by Crippen LogP contribution is -2.48. The highest BCUT2D eigenvalue weighted by Crippen LogP contribution is 2.26. The minimum absolute atomic E-state index is 0.0599. The van der Waals surface area contributed by atoms with Crippen LogP contribution >= 0.6 is 0 Å². The molecule has 2 aromatic carbocycles. The summed E-state index contributed by atoms with van der Waals surface area (Å²) in [6.45, 7) is 3.28. The van der Waals surface area contributed by atoms with Gasteiger partial charge in [-0.2, -0.15) is 0 Å². The minimum atomic E-state index is -3.65. The van der Waals surface area contributed by atoms with E-state index in [4.69, 9.17) is 10.5 Å². The molecule has 12 heteroatoms. The molecule has 0 bridgehead atoms. The van der Waals surface area contributed by atoms with Gasteiger partial charge in [0, 0.05) is 43.5 Å². The molecule has 0 spiro atoms. The first-order valence-electron chi connectivity index (χ1n) is 13.2. The molecule has 0 radical (unpaired) electrons. The van der Waals surface area contributed by atoms with Crippen LogP contribution in [-0.4, -0.2) is 75.6 Å². The smallest absolute Gasteiger partial charge is 0.254 e. The maximum Gasteiger partial charge on any atom is 0.254 e. The van der Waals surface area contributed by atoms with Crippen LogP contribution in [0, 0.1) is 0 Å². The van der Waals surface area contributed by atoms with Gasteiger partial charge in [-0.15, -0.1) is 0 Å². The molecular weight excluding hydrogens is 532 g/mol. The first-order valence-corrected chi connectivity index (χ1v) is 14.7. The summed E-state index contributed by atoms with van der Waals surface area (Å²) in [7, 11) is -3.65. The molecule has 4 N–H and O–H groups in total. The van der Waals surface area contributed by atoms with Crippen LogP contribution in [0.5, 0.6) is 0 Å². The van der Waals surface area contributed by atoms with Gasteiger partial charge in [0.05, 0.1) is 23.7 Å². The van der Waals surface area contributed by atoms with Crippen LogP contribution in [0.25, 0.3) is 0 Å². The van der Waals surface area contributed by atoms with Gasteiger partial charge >= 0.3 is 0 Å². The van der Waals surface area contributed by atoms with E-state index in [1.165, 1.54) is 0 Å². The fourth-order valence-electron chi connectivity index (χ4n) is 4.87. The average molecular weight is 565 g/mol. The van der Waals surface area contributed by atoms with E-state index in [-0.39, 0.29) is 28.2 Å². The van der Waals surface area contributed by atoms with Crippen LogP contribution in [-0.2, 0) is 14.8 Å². The number of benzene rings is 2. The molecule has 1 unspecified atom stereocenters. The zero-order valence-corrected chi connectivity index (χ0v) is 22.8. The molecule has 1 aromatic heterocycles. The van der Waals surface area contributed by atoms with E-state index in [0.29, 0.717) is 62.9 Å². The molecule has 5 rings (SSSR count). The predicted molar refractivity (Wildman–Crippen MR) is 151 cm³/mol. The van der Waals surface area contributed by atoms with Crippen molar-refractivity contribution in [3.05, 3.63) is 77.9 Å². The highest BCUT2D eigenvalue weighted by atomic mass is 32.2. The monoisotopic (exact) mass is 564 g/mol. The topological polar surface area (TPSA) is 147 Å². The molecule has 2 aliphatic rings. The van der Waals surface area contributed by atoms with Gasteiger partial charge in [0.15, 0.2) is 0 Å². The van der Waals surface area contributed by atoms with E-state index >= 15 is 0 Å². The number of hydrogen-bond donors (Lipinski definition) is 3. The lowest BCUT2D eigenvalue weighted by atomic mass is 10.1. The van der Waals surface area contributed by atoms with Crippen molar-refractivity contribution in [1.29, 1.82) is 0 Å². The number of nitrogens with one attached hydrogen (secondary N) is 2. The molecule has 40 heavy (non-hydrogen) atoms. The minimum Gasteiger partial charge on any atom is -0.378 e. The lowest BCUT2D eigenvalue weighted by molar-refractivity contribution is 0.0303. The Morgan fingerprint density at radius 1 is 0.950 bits per heavy atom. The highest BCUT2D eigenvalue weighted by Gasteiger charge is 2.27. The Bertz CT molecular complexity index is 1460. The summed E-state index contributed by atoms with van der Waals surface area (Å²) in [5, 5.41) is 3.15. The third kappa shape index (κ3) is 6.41. The number of pyridine rings is 1. The maximum absolute atomic E-state index is 12.8. The van der Waals surface area contributed by atoms with Crippen molar-refractivity contribution in [2.75, 3.05) is 49.6 Å². The second-order valence-electron chi connectivity index (χ2n) is 9.76. The summed E-state index contributed by atoms with van der Waals surface area (Å²) in [5.74, 6) is 0.183. The summed E-state index contributed by atoms with van der Waals surface area (Å²) >= 11 is 0. The lowest BCUT2D eigenvalue weighted by Gasteiger charge is -2.34. The van der Waals surface area contributed by atoms with Crippen LogP contribution in [0.3, 0.4) is 0 Å². The molecule has 11 nitrogen and oxygen atoms in total. The van der Waals surface area contributed by atoms with Gasteiger partial charge in [0.25, 0.3) is 11.8 Å². The molecule has 2 fully saturated rings. The number of ether oxygens (including phenoxy) is 1. The van der Waals surface area contributed by atoms with Crippen molar-refractivity contribution in [2.24, 2.45) is 5.73 Å². The Balaban J connectivity index is 1.30. The van der Waals surface area contributed by atoms with Crippen LogP contribution in [0.4, 0.5) is 17.3 Å². The number of anilines is 3. The Morgan fingerprint density at radius 3 is 2.38 bits per heavy atom. The zero-order chi connectivity index (χ0) is 28.1. The number of aromatic nitrogens is 1. The molecule has 0 saturated carbocycles.